The van der Waals surface area contributed by atoms with E-state index in [2.05, 4.69) is 87.0 Å². The summed E-state index contributed by atoms with van der Waals surface area (Å²) in [6, 6.07) is 0. The number of nitrogens with zero attached hydrogens (tertiary/aromatic N) is 20. The SMILES string of the molecule is CC[C@H]1O[C@@H](n2cnc3c(N)ncnc32)C[C@H]1OP(O)(=S)OC[C@H]1O[C@@H](n2cc(C)c(N)nc2=O)C[C@H]1OP(=O)(S)OC[C@H]1O[C@@H](n2cc(C)c(=O)[nH]c2=O)C[C@H]1OP(O)(=S)OC[C@H]1O[C@@H](n2cnc3c(N)ncnc32)C[C@H]1OP(O)(=S)OC[C@H]1O[C@@H](n2cnc3c(N)ncnc32)C[C@H]1OP(O)(=S)OC[C@H]1O[C@@H](n2cc(C)c(=O)[nH]c2=O)C[C@H]1OP(O)(=S)OC[C@H]1O[C@@H](n2cnc3c(N)ncnc32)C[C@H]1OP(O)(=S)OC. The molecule has 18 heterocycles. The number of H-pyrrole nitrogens is 2. The van der Waals surface area contributed by atoms with E-state index < -0.39 is 244 Å². The highest BCUT2D eigenvalue weighted by atomic mass is 32.7. The van der Waals surface area contributed by atoms with Crippen molar-refractivity contribution < 1.29 is 130 Å². The van der Waals surface area contributed by atoms with Crippen molar-refractivity contribution in [1.29, 1.82) is 0 Å². The lowest BCUT2D eigenvalue weighted by molar-refractivity contribution is -0.0565. The zero-order chi connectivity index (χ0) is 104. The van der Waals surface area contributed by atoms with Gasteiger partial charge in [0.15, 0.2) is 45.9 Å². The number of thiol groups is 1. The lowest BCUT2D eigenvalue weighted by atomic mass is 10.1. The number of nitrogen functional groups attached to an aromatic ring is 5. The first-order valence-electron chi connectivity index (χ1n) is 43.9. The number of nitrogens with two attached hydrogens (primary N) is 5. The Hall–Kier alpha value is -7.16. The molecule has 0 amide bonds. The molecule has 0 aromatic carbocycles. The number of nitrogens with one attached hydrogen (secondary N) is 2. The fourth-order valence-electron chi connectivity index (χ4n) is 17.3. The maximum Gasteiger partial charge on any atom is 0.386 e. The molecule has 11 aromatic rings. The van der Waals surface area contributed by atoms with Crippen LogP contribution in [0.5, 0.6) is 0 Å². The van der Waals surface area contributed by atoms with Crippen LogP contribution >= 0.6 is 59.4 Å². The van der Waals surface area contributed by atoms with E-state index in [1.807, 2.05) is 6.92 Å². The van der Waals surface area contributed by atoms with Crippen LogP contribution in [0.3, 0.4) is 0 Å². The van der Waals surface area contributed by atoms with Gasteiger partial charge in [-0.1, -0.05) is 19.2 Å². The first-order chi connectivity index (χ1) is 69.1. The Morgan fingerprint density at radius 2 is 0.603 bits per heavy atom. The van der Waals surface area contributed by atoms with Gasteiger partial charge in [-0.05, 0) is 98.0 Å². The first-order valence-corrected chi connectivity index (χ1v) is 62.2. The molecular weight excluding hydrogens is 2210 g/mol. The second-order valence-electron chi connectivity index (χ2n) is 34.0. The molecule has 146 heavy (non-hydrogen) atoms. The summed E-state index contributed by atoms with van der Waals surface area (Å²) < 4.78 is 153. The molecule has 7 fully saturated rings. The Morgan fingerprint density at radius 3 is 0.890 bits per heavy atom. The summed E-state index contributed by atoms with van der Waals surface area (Å²) in [6.07, 6.45) is -12.3. The van der Waals surface area contributed by atoms with Crippen LogP contribution in [0.1, 0.15) is 119 Å². The number of aromatic nitrogens is 22. The molecule has 7 unspecified atom stereocenters. The van der Waals surface area contributed by atoms with E-state index in [9.17, 15) is 57.9 Å². The van der Waals surface area contributed by atoms with Gasteiger partial charge in [-0.3, -0.25) is 60.6 Å². The number of hydrogen-bond acceptors (Lipinski definition) is 51. The Balaban J connectivity index is 0.557. The van der Waals surface area contributed by atoms with E-state index >= 15 is 0 Å². The molecule has 7 aliphatic heterocycles. The fourth-order valence-corrected chi connectivity index (χ4v) is 27.2. The van der Waals surface area contributed by atoms with Gasteiger partial charge in [-0.15, -0.1) is 0 Å². The van der Waals surface area contributed by atoms with Crippen LogP contribution in [0.25, 0.3) is 44.7 Å². The molecule has 7 saturated heterocycles. The highest BCUT2D eigenvalue weighted by Gasteiger charge is 2.52. The number of imidazole rings is 4. The summed E-state index contributed by atoms with van der Waals surface area (Å²) in [6.45, 7) is -29.5. The quantitative estimate of drug-likeness (QED) is 0.0193. The van der Waals surface area contributed by atoms with Crippen LogP contribution in [-0.4, -0.2) is 268 Å². The van der Waals surface area contributed by atoms with Gasteiger partial charge in [0.25, 0.3) is 11.1 Å². The Bertz CT molecular complexity index is 7470. The van der Waals surface area contributed by atoms with Gasteiger partial charge in [0.2, 0.25) is 0 Å². The Labute approximate surface area is 857 Å². The minimum atomic E-state index is -4.77. The van der Waals surface area contributed by atoms with Crippen molar-refractivity contribution in [2.24, 2.45) is 0 Å². The zero-order valence-electron chi connectivity index (χ0n) is 76.4. The lowest BCUT2D eigenvalue weighted by Crippen LogP contribution is -2.33. The molecule has 28 atom stereocenters. The van der Waals surface area contributed by atoms with Gasteiger partial charge in [-0.25, -0.2) is 78.8 Å². The number of anilines is 5. The minimum Gasteiger partial charge on any atom is -0.383 e. The van der Waals surface area contributed by atoms with Crippen LogP contribution in [0.4, 0.5) is 29.1 Å². The molecule has 792 valence electrons. The second-order valence-corrected chi connectivity index (χ2v) is 53.7. The summed E-state index contributed by atoms with van der Waals surface area (Å²) in [5, 5.41) is 0. The zero-order valence-corrected chi connectivity index (χ0v) is 88.5. The molecule has 18 rings (SSSR count). The molecule has 18 N–H and O–H groups in total. The van der Waals surface area contributed by atoms with E-state index in [4.69, 9.17) is 196 Å². The van der Waals surface area contributed by atoms with E-state index in [1.54, 1.807) is 11.5 Å². The van der Waals surface area contributed by atoms with Gasteiger partial charge in [0.1, 0.15) is 140 Å². The van der Waals surface area contributed by atoms with Crippen LogP contribution in [-0.2, 0) is 172 Å². The van der Waals surface area contributed by atoms with Crippen molar-refractivity contribution >= 4 is 204 Å². The van der Waals surface area contributed by atoms with Gasteiger partial charge in [-0.2, -0.15) is 4.98 Å². The molecule has 0 radical (unpaired) electrons. The molecule has 0 bridgehead atoms. The number of fused-ring (bicyclic) bond motifs is 4. The number of aromatic amines is 2. The van der Waals surface area contributed by atoms with Crippen LogP contribution < -0.4 is 56.9 Å². The third-order valence-electron chi connectivity index (χ3n) is 24.4. The topological polar surface area (TPSA) is 781 Å². The Morgan fingerprint density at radius 1 is 0.356 bits per heavy atom. The lowest BCUT2D eigenvalue weighted by Gasteiger charge is -2.28. The molecule has 0 spiro atoms. The van der Waals surface area contributed by atoms with Crippen LogP contribution in [0, 0.1) is 20.8 Å². The number of hydrogen-bond donors (Lipinski definition) is 14. The normalized spacial score (nSPS) is 29.5. The Kier molecular flexibility index (Phi) is 32.6. The number of rotatable bonds is 41. The summed E-state index contributed by atoms with van der Waals surface area (Å²) in [4.78, 5) is 197. The van der Waals surface area contributed by atoms with Crippen molar-refractivity contribution in [3.8, 4) is 0 Å². The standard InChI is InChI=1S/C72H94N27O33P7S7/c1-6-34-35(7-51(119-34)96-27-86-55-60(74)78-23-82-64(55)96)127-134(106,141)113-18-43-37(8-48(120-43)93-14-31(2)59(73)90-70(93)102)128-136(108,143)115-19-44-39(10-50(121-44)95-16-33(4)69(101)92-72(95)104)130-137(109,144)117-21-46-41(13-54(124-46)99-30-89-58-63(77)81-26-85-67(58)99)132-139(111,146)118-22-47-40(12-53(125-47)98-29-88-57-62(76)80-25-84-66(57)98)131-138(110,145)116-20-45-38(9-49(122-45)94-15-32(3)68(100)91-71(94)103)129-135(107,142)114-17-42-36(126-133(105,140)112-5)11-52(123-42)97-28-87-56-61(75)79-24-83-65(56)97/h14-16,23-30,34-54H,6-13,17-22H2,1-5H3,(H,105,140)(H,106,141)(H,107,142)(H,108,143)(H,109,144)(H,110,145)(H,111,146)(H2,73,90,102)(H2,74,78,82)(H2,75,79,83)(H2,76,80,84)(H2,77,81,85)(H,91,100,103)(H,92,101,104)/t34-,35-,36-,37-,38-,39-,40-,41-,42-,43-,44-,45-,46-,47-,48-,49-,50-,51-,52-,53-,54-,133?,134?,135?,136?,137?,138?,139?/m1/s1. The van der Waals surface area contributed by atoms with Crippen molar-refractivity contribution in [3.63, 3.8) is 0 Å². The maximum absolute atomic E-state index is 14.9. The molecular formula is C72H94N27O33P7S7. The largest absolute Gasteiger partial charge is 0.386 e. The summed E-state index contributed by atoms with van der Waals surface area (Å²) in [5.41, 5.74) is 28.9. The van der Waals surface area contributed by atoms with Crippen molar-refractivity contribution in [2.45, 2.75) is 208 Å². The van der Waals surface area contributed by atoms with Crippen LogP contribution in [0.2, 0.25) is 0 Å². The minimum absolute atomic E-state index is 0.00201. The summed E-state index contributed by atoms with van der Waals surface area (Å²) in [7, 11) is 1.15. The van der Waals surface area contributed by atoms with Crippen molar-refractivity contribution in [1.82, 2.24) is 107 Å². The summed E-state index contributed by atoms with van der Waals surface area (Å²) >= 11 is 38.0. The molecule has 60 nitrogen and oxygen atoms in total. The third-order valence-corrected chi connectivity index (χ3v) is 35.7. The molecule has 11 aromatic heterocycles. The van der Waals surface area contributed by atoms with Gasteiger partial charge < -0.3 is 145 Å². The van der Waals surface area contributed by atoms with Gasteiger partial charge >= 0.3 is 64.2 Å². The molecule has 7 aliphatic rings. The number of ether oxygens (including phenoxy) is 7. The van der Waals surface area contributed by atoms with Crippen molar-refractivity contribution in [2.75, 3.05) is 75.4 Å². The second kappa shape index (κ2) is 43.8. The molecule has 0 saturated carbocycles. The highest BCUT2D eigenvalue weighted by molar-refractivity contribution is 8.44. The molecule has 0 aliphatic carbocycles. The number of aryl methyl sites for hydroxylation is 3. The van der Waals surface area contributed by atoms with E-state index in [0.717, 1.165) is 20.8 Å². The van der Waals surface area contributed by atoms with E-state index in [0.29, 0.717) is 23.1 Å². The van der Waals surface area contributed by atoms with E-state index in [1.165, 1.54) is 96.8 Å². The maximum atomic E-state index is 14.9. The van der Waals surface area contributed by atoms with Crippen LogP contribution in [0.15, 0.2) is 93.2 Å². The predicted octanol–water partition coefficient (Wildman–Crippen LogP) is 2.74. The monoisotopic (exact) mass is 2310 g/mol. The first kappa shape index (κ1) is 109. The van der Waals surface area contributed by atoms with Crippen molar-refractivity contribution in [3.05, 3.63) is 138 Å². The average Bonchev–Trinajstić information content (AvgIpc) is 1.63. The third kappa shape index (κ3) is 24.5. The van der Waals surface area contributed by atoms with E-state index in [-0.39, 0.29) is 119 Å². The summed E-state index contributed by atoms with van der Waals surface area (Å²) in [5.74, 6) is 0.141. The fraction of sp³-hybridized carbons (Fsp3) is 0.556. The highest BCUT2D eigenvalue weighted by Crippen LogP contribution is 2.61. The van der Waals surface area contributed by atoms with Gasteiger partial charge in [0.05, 0.1) is 108 Å². The smallest absolute Gasteiger partial charge is 0.383 e. The van der Waals surface area contributed by atoms with Gasteiger partial charge in [0, 0.05) is 87.3 Å². The average molecular weight is 2310 g/mol. The predicted molar refractivity (Wildman–Crippen MR) is 531 cm³/mol. The molecule has 74 heteroatoms.